The zero-order valence-electron chi connectivity index (χ0n) is 13.5. The van der Waals surface area contributed by atoms with Gasteiger partial charge in [-0.1, -0.05) is 17.3 Å². The normalized spacial score (nSPS) is 21.4. The SMILES string of the molecule is C[C@H]1C[C@H](N)CCN1C(=O)c1ccc(-c2noc(C(F)(F)F)n2)cc1. The number of hydrogen-bond acceptors (Lipinski definition) is 5. The molecular formula is C16H17F3N4O2. The van der Waals surface area contributed by atoms with Crippen LogP contribution in [0, 0.1) is 0 Å². The first-order chi connectivity index (χ1) is 11.8. The van der Waals surface area contributed by atoms with Gasteiger partial charge < -0.3 is 15.2 Å². The number of carbonyl (C=O) groups is 1. The Labute approximate surface area is 141 Å². The third-order valence-electron chi connectivity index (χ3n) is 4.24. The van der Waals surface area contributed by atoms with Gasteiger partial charge in [0.25, 0.3) is 5.91 Å². The van der Waals surface area contributed by atoms with Gasteiger partial charge in [0.05, 0.1) is 0 Å². The van der Waals surface area contributed by atoms with Gasteiger partial charge in [-0.15, -0.1) is 0 Å². The van der Waals surface area contributed by atoms with Crippen LogP contribution in [-0.4, -0.2) is 39.6 Å². The molecule has 9 heteroatoms. The summed E-state index contributed by atoms with van der Waals surface area (Å²) in [7, 11) is 0. The first kappa shape index (κ1) is 17.4. The lowest BCUT2D eigenvalue weighted by Gasteiger charge is -2.36. The Balaban J connectivity index is 1.76. The molecule has 6 nitrogen and oxygen atoms in total. The van der Waals surface area contributed by atoms with Crippen LogP contribution in [0.15, 0.2) is 28.8 Å². The summed E-state index contributed by atoms with van der Waals surface area (Å²) < 4.78 is 41.7. The molecule has 0 aliphatic carbocycles. The van der Waals surface area contributed by atoms with Crippen molar-refractivity contribution < 1.29 is 22.5 Å². The van der Waals surface area contributed by atoms with Gasteiger partial charge in [-0.3, -0.25) is 4.79 Å². The van der Waals surface area contributed by atoms with E-state index in [9.17, 15) is 18.0 Å². The molecule has 2 atom stereocenters. The first-order valence-corrected chi connectivity index (χ1v) is 7.83. The van der Waals surface area contributed by atoms with Gasteiger partial charge in [-0.05, 0) is 31.9 Å². The lowest BCUT2D eigenvalue weighted by molar-refractivity contribution is -0.159. The molecule has 0 spiro atoms. The second-order valence-corrected chi connectivity index (χ2v) is 6.13. The average molecular weight is 354 g/mol. The van der Waals surface area contributed by atoms with E-state index in [2.05, 4.69) is 14.7 Å². The van der Waals surface area contributed by atoms with E-state index >= 15 is 0 Å². The summed E-state index contributed by atoms with van der Waals surface area (Å²) in [5.41, 5.74) is 6.69. The topological polar surface area (TPSA) is 85.2 Å². The highest BCUT2D eigenvalue weighted by Crippen LogP contribution is 2.29. The Morgan fingerprint density at radius 1 is 1.32 bits per heavy atom. The third-order valence-corrected chi connectivity index (χ3v) is 4.24. The number of aromatic nitrogens is 2. The zero-order chi connectivity index (χ0) is 18.2. The Morgan fingerprint density at radius 3 is 2.56 bits per heavy atom. The second kappa shape index (κ2) is 6.47. The van der Waals surface area contributed by atoms with Crippen molar-refractivity contribution in [2.24, 2.45) is 5.73 Å². The Bertz CT molecular complexity index is 757. The second-order valence-electron chi connectivity index (χ2n) is 6.13. The molecule has 1 fully saturated rings. The molecule has 25 heavy (non-hydrogen) atoms. The number of amides is 1. The van der Waals surface area contributed by atoms with E-state index in [0.717, 1.165) is 12.8 Å². The van der Waals surface area contributed by atoms with Gasteiger partial charge in [0.15, 0.2) is 0 Å². The lowest BCUT2D eigenvalue weighted by atomic mass is 9.98. The van der Waals surface area contributed by atoms with Gasteiger partial charge >= 0.3 is 12.1 Å². The summed E-state index contributed by atoms with van der Waals surface area (Å²) in [5, 5.41) is 3.32. The van der Waals surface area contributed by atoms with Crippen molar-refractivity contribution in [2.45, 2.75) is 38.0 Å². The zero-order valence-corrected chi connectivity index (χ0v) is 13.5. The third kappa shape index (κ3) is 3.65. The van der Waals surface area contributed by atoms with Gasteiger partial charge in [0, 0.05) is 29.8 Å². The number of benzene rings is 1. The number of halogens is 3. The van der Waals surface area contributed by atoms with Gasteiger partial charge in [0.1, 0.15) is 0 Å². The van der Waals surface area contributed by atoms with Crippen LogP contribution in [0.5, 0.6) is 0 Å². The first-order valence-electron chi connectivity index (χ1n) is 7.83. The van der Waals surface area contributed by atoms with E-state index in [1.807, 2.05) is 6.92 Å². The van der Waals surface area contributed by atoms with Gasteiger partial charge in [-0.2, -0.15) is 18.2 Å². The van der Waals surface area contributed by atoms with E-state index in [0.29, 0.717) is 17.7 Å². The molecule has 3 rings (SSSR count). The van der Waals surface area contributed by atoms with Crippen LogP contribution >= 0.6 is 0 Å². The summed E-state index contributed by atoms with van der Waals surface area (Å²) in [4.78, 5) is 17.7. The molecule has 0 radical (unpaired) electrons. The minimum absolute atomic E-state index is 0.0440. The molecule has 2 aromatic rings. The molecule has 0 bridgehead atoms. The van der Waals surface area contributed by atoms with Crippen molar-refractivity contribution in [3.63, 3.8) is 0 Å². The number of carbonyl (C=O) groups excluding carboxylic acids is 1. The maximum absolute atomic E-state index is 12.6. The molecule has 1 amide bonds. The van der Waals surface area contributed by atoms with Gasteiger partial charge in [-0.25, -0.2) is 0 Å². The number of piperidine rings is 1. The van der Waals surface area contributed by atoms with E-state index in [1.165, 1.54) is 12.1 Å². The number of nitrogens with zero attached hydrogens (tertiary/aromatic N) is 3. The molecule has 1 aromatic carbocycles. The summed E-state index contributed by atoms with van der Waals surface area (Å²) >= 11 is 0. The highest BCUT2D eigenvalue weighted by molar-refractivity contribution is 5.94. The molecule has 2 heterocycles. The predicted octanol–water partition coefficient (Wildman–Crippen LogP) is 2.71. The Morgan fingerprint density at radius 2 is 2.00 bits per heavy atom. The van der Waals surface area contributed by atoms with Crippen LogP contribution in [0.4, 0.5) is 13.2 Å². The standard InChI is InChI=1S/C16H17F3N4O2/c1-9-8-12(20)6-7-23(9)14(24)11-4-2-10(3-5-11)13-21-15(25-22-13)16(17,18)19/h2-5,9,12H,6-8,20H2,1H3/t9-,12+/m0/s1. The van der Waals surface area contributed by atoms with Crippen LogP contribution in [0.3, 0.4) is 0 Å². The maximum atomic E-state index is 12.6. The van der Waals surface area contributed by atoms with E-state index in [1.54, 1.807) is 17.0 Å². The molecular weight excluding hydrogens is 337 g/mol. The number of nitrogens with two attached hydrogens (primary N) is 1. The molecule has 1 aliphatic rings. The quantitative estimate of drug-likeness (QED) is 0.896. The number of likely N-dealkylation sites (tertiary alicyclic amines) is 1. The van der Waals surface area contributed by atoms with Gasteiger partial charge in [0.2, 0.25) is 5.82 Å². The van der Waals surface area contributed by atoms with Crippen molar-refractivity contribution in [1.29, 1.82) is 0 Å². The smallest absolute Gasteiger partial charge is 0.336 e. The lowest BCUT2D eigenvalue weighted by Crippen LogP contribution is -2.48. The fourth-order valence-electron chi connectivity index (χ4n) is 2.89. The molecule has 2 N–H and O–H groups in total. The summed E-state index contributed by atoms with van der Waals surface area (Å²) in [6, 6.07) is 6.23. The summed E-state index contributed by atoms with van der Waals surface area (Å²) in [5.74, 6) is -1.71. The molecule has 0 unspecified atom stereocenters. The summed E-state index contributed by atoms with van der Waals surface area (Å²) in [6.07, 6.45) is -3.20. The fourth-order valence-corrected chi connectivity index (χ4v) is 2.89. The van der Waals surface area contributed by atoms with Crippen molar-refractivity contribution in [1.82, 2.24) is 15.0 Å². The minimum atomic E-state index is -4.69. The van der Waals surface area contributed by atoms with Crippen molar-refractivity contribution in [3.05, 3.63) is 35.7 Å². The number of hydrogen-bond donors (Lipinski definition) is 1. The fraction of sp³-hybridized carbons (Fsp3) is 0.438. The highest BCUT2D eigenvalue weighted by atomic mass is 19.4. The number of alkyl halides is 3. The maximum Gasteiger partial charge on any atom is 0.471 e. The van der Waals surface area contributed by atoms with Crippen LogP contribution in [-0.2, 0) is 6.18 Å². The average Bonchev–Trinajstić information content (AvgIpc) is 3.05. The van der Waals surface area contributed by atoms with E-state index in [-0.39, 0.29) is 23.8 Å². The number of rotatable bonds is 2. The Hall–Kier alpha value is -2.42. The van der Waals surface area contributed by atoms with Crippen LogP contribution in [0.2, 0.25) is 0 Å². The Kier molecular flexibility index (Phi) is 4.51. The highest BCUT2D eigenvalue weighted by Gasteiger charge is 2.38. The van der Waals surface area contributed by atoms with Crippen molar-refractivity contribution >= 4 is 5.91 Å². The minimum Gasteiger partial charge on any atom is -0.336 e. The summed E-state index contributed by atoms with van der Waals surface area (Å²) in [6.45, 7) is 2.53. The molecule has 1 saturated heterocycles. The van der Waals surface area contributed by atoms with Crippen molar-refractivity contribution in [3.8, 4) is 11.4 Å². The molecule has 134 valence electrons. The van der Waals surface area contributed by atoms with Crippen molar-refractivity contribution in [2.75, 3.05) is 6.54 Å². The molecule has 0 saturated carbocycles. The monoisotopic (exact) mass is 354 g/mol. The van der Waals surface area contributed by atoms with Crippen LogP contribution in [0.1, 0.15) is 36.0 Å². The molecule has 1 aromatic heterocycles. The van der Waals surface area contributed by atoms with Crippen LogP contribution in [0.25, 0.3) is 11.4 Å². The van der Waals surface area contributed by atoms with E-state index in [4.69, 9.17) is 5.73 Å². The largest absolute Gasteiger partial charge is 0.471 e. The van der Waals surface area contributed by atoms with E-state index < -0.39 is 12.1 Å². The molecule has 1 aliphatic heterocycles. The predicted molar refractivity (Wildman–Crippen MR) is 82.4 cm³/mol. The van der Waals surface area contributed by atoms with Crippen LogP contribution < -0.4 is 5.73 Å².